The quantitative estimate of drug-likeness (QED) is 0.342. The minimum Gasteiger partial charge on any atom is -0.348 e. The van der Waals surface area contributed by atoms with Gasteiger partial charge in [-0.05, 0) is 60.4 Å². The summed E-state index contributed by atoms with van der Waals surface area (Å²) >= 11 is 0. The average Bonchev–Trinajstić information content (AvgIpc) is 3.30. The van der Waals surface area contributed by atoms with Crippen LogP contribution in [0.25, 0.3) is 17.3 Å². The molecule has 6 nitrogen and oxygen atoms in total. The lowest BCUT2D eigenvalue weighted by atomic mass is 10.0. The van der Waals surface area contributed by atoms with Crippen LogP contribution in [0.5, 0.6) is 0 Å². The van der Waals surface area contributed by atoms with Gasteiger partial charge in [-0.2, -0.15) is 5.10 Å². The van der Waals surface area contributed by atoms with E-state index in [0.29, 0.717) is 18.7 Å². The van der Waals surface area contributed by atoms with Crippen LogP contribution in [0.3, 0.4) is 0 Å². The third-order valence-electron chi connectivity index (χ3n) is 6.25. The minimum atomic E-state index is -0.199. The smallest absolute Gasteiger partial charge is 0.253 e. The molecule has 188 valence electrons. The van der Waals surface area contributed by atoms with E-state index in [2.05, 4.69) is 49.5 Å². The summed E-state index contributed by atoms with van der Waals surface area (Å²) in [6.45, 7) is 5.19. The van der Waals surface area contributed by atoms with Gasteiger partial charge in [-0.25, -0.2) is 0 Å². The first-order chi connectivity index (χ1) is 17.8. The molecular weight excluding hydrogens is 460 g/mol. The van der Waals surface area contributed by atoms with Gasteiger partial charge in [-0.3, -0.25) is 14.3 Å². The number of hydrogen-bond acceptors (Lipinski definition) is 3. The summed E-state index contributed by atoms with van der Waals surface area (Å²) in [6.07, 6.45) is 5.33. The van der Waals surface area contributed by atoms with E-state index in [1.54, 1.807) is 32.3 Å². The Kier molecular flexibility index (Phi) is 7.98. The molecule has 2 amide bonds. The van der Waals surface area contributed by atoms with E-state index < -0.39 is 0 Å². The van der Waals surface area contributed by atoms with Crippen molar-refractivity contribution in [2.24, 2.45) is 0 Å². The van der Waals surface area contributed by atoms with Crippen LogP contribution >= 0.6 is 0 Å². The molecule has 4 aromatic rings. The summed E-state index contributed by atoms with van der Waals surface area (Å²) < 4.78 is 1.91. The molecule has 0 unspecified atom stereocenters. The number of aryl methyl sites for hydroxylation is 2. The SMILES string of the molecule is Cc1ccc(-c2nn(Cc3ccccc3)cc2/C=C/C(=O)NCc2ccc(C(=O)N(C)C)cc2)cc1C. The molecule has 0 aliphatic carbocycles. The molecule has 0 fully saturated rings. The molecule has 0 aliphatic heterocycles. The molecule has 3 aromatic carbocycles. The fraction of sp³-hybridized carbons (Fsp3) is 0.194. The summed E-state index contributed by atoms with van der Waals surface area (Å²) in [7, 11) is 3.44. The Balaban J connectivity index is 1.49. The van der Waals surface area contributed by atoms with Crippen molar-refractivity contribution in [2.75, 3.05) is 14.1 Å². The van der Waals surface area contributed by atoms with Crippen molar-refractivity contribution in [2.45, 2.75) is 26.9 Å². The highest BCUT2D eigenvalue weighted by atomic mass is 16.2. The maximum Gasteiger partial charge on any atom is 0.253 e. The molecule has 4 rings (SSSR count). The average molecular weight is 493 g/mol. The Bertz CT molecular complexity index is 1420. The zero-order valence-electron chi connectivity index (χ0n) is 21.7. The highest BCUT2D eigenvalue weighted by Crippen LogP contribution is 2.26. The number of amides is 2. The number of aromatic nitrogens is 2. The first kappa shape index (κ1) is 25.6. The lowest BCUT2D eigenvalue weighted by molar-refractivity contribution is -0.116. The minimum absolute atomic E-state index is 0.0501. The van der Waals surface area contributed by atoms with Gasteiger partial charge in [0.1, 0.15) is 0 Å². The topological polar surface area (TPSA) is 67.2 Å². The number of rotatable bonds is 8. The second-order valence-electron chi connectivity index (χ2n) is 9.36. The van der Waals surface area contributed by atoms with E-state index in [4.69, 9.17) is 5.10 Å². The molecule has 0 aliphatic rings. The Morgan fingerprint density at radius 1 is 0.919 bits per heavy atom. The normalized spacial score (nSPS) is 11.0. The molecule has 37 heavy (non-hydrogen) atoms. The molecule has 1 heterocycles. The first-order valence-corrected chi connectivity index (χ1v) is 12.3. The first-order valence-electron chi connectivity index (χ1n) is 12.3. The van der Waals surface area contributed by atoms with Gasteiger partial charge in [0.05, 0.1) is 12.2 Å². The highest BCUT2D eigenvalue weighted by Gasteiger charge is 2.12. The van der Waals surface area contributed by atoms with E-state index in [1.807, 2.05) is 47.3 Å². The van der Waals surface area contributed by atoms with Gasteiger partial charge < -0.3 is 10.2 Å². The number of hydrogen-bond donors (Lipinski definition) is 1. The van der Waals surface area contributed by atoms with E-state index >= 15 is 0 Å². The van der Waals surface area contributed by atoms with Crippen molar-refractivity contribution in [1.82, 2.24) is 20.0 Å². The Morgan fingerprint density at radius 3 is 2.32 bits per heavy atom. The van der Waals surface area contributed by atoms with Gasteiger partial charge in [0.15, 0.2) is 0 Å². The molecular formula is C31H32N4O2. The zero-order valence-corrected chi connectivity index (χ0v) is 21.7. The maximum absolute atomic E-state index is 12.6. The van der Waals surface area contributed by atoms with Gasteiger partial charge in [-0.15, -0.1) is 0 Å². The van der Waals surface area contributed by atoms with Crippen molar-refractivity contribution in [3.8, 4) is 11.3 Å². The van der Waals surface area contributed by atoms with Crippen LogP contribution in [0, 0.1) is 13.8 Å². The second kappa shape index (κ2) is 11.5. The van der Waals surface area contributed by atoms with E-state index in [9.17, 15) is 9.59 Å². The molecule has 1 N–H and O–H groups in total. The fourth-order valence-corrected chi connectivity index (χ4v) is 3.96. The third-order valence-corrected chi connectivity index (χ3v) is 6.25. The van der Waals surface area contributed by atoms with Gasteiger partial charge in [0.25, 0.3) is 5.91 Å². The molecule has 0 atom stereocenters. The Hall–Kier alpha value is -4.45. The number of carbonyl (C=O) groups excluding carboxylic acids is 2. The van der Waals surface area contributed by atoms with Crippen molar-refractivity contribution in [1.29, 1.82) is 0 Å². The Labute approximate surface area is 218 Å². The number of nitrogens with one attached hydrogen (secondary N) is 1. The van der Waals surface area contributed by atoms with Crippen LogP contribution in [0.15, 0.2) is 85.1 Å². The fourth-order valence-electron chi connectivity index (χ4n) is 3.96. The van der Waals surface area contributed by atoms with Crippen LogP contribution < -0.4 is 5.32 Å². The third kappa shape index (κ3) is 6.61. The van der Waals surface area contributed by atoms with Crippen molar-refractivity contribution < 1.29 is 9.59 Å². The summed E-state index contributed by atoms with van der Waals surface area (Å²) in [5.41, 5.74) is 7.84. The maximum atomic E-state index is 12.6. The van der Waals surface area contributed by atoms with E-state index in [0.717, 1.165) is 27.9 Å². The van der Waals surface area contributed by atoms with Gasteiger partial charge in [0.2, 0.25) is 5.91 Å². The Morgan fingerprint density at radius 2 is 1.65 bits per heavy atom. The summed E-state index contributed by atoms with van der Waals surface area (Å²) in [6, 6.07) is 23.7. The van der Waals surface area contributed by atoms with Crippen molar-refractivity contribution in [3.05, 3.63) is 118 Å². The van der Waals surface area contributed by atoms with Crippen molar-refractivity contribution >= 4 is 17.9 Å². The van der Waals surface area contributed by atoms with Crippen LogP contribution in [0.4, 0.5) is 0 Å². The highest BCUT2D eigenvalue weighted by molar-refractivity contribution is 5.94. The lowest BCUT2D eigenvalue weighted by Crippen LogP contribution is -2.22. The molecule has 0 saturated heterocycles. The standard InChI is InChI=1S/C31H32N4O2/c1-22-10-13-27(18-23(22)2)30-28(21-35(33-30)20-25-8-6-5-7-9-25)16-17-29(36)32-19-24-11-14-26(15-12-24)31(37)34(3)4/h5-18,21H,19-20H2,1-4H3,(H,32,36)/b17-16+. The van der Waals surface area contributed by atoms with Gasteiger partial charge >= 0.3 is 0 Å². The second-order valence-corrected chi connectivity index (χ2v) is 9.36. The van der Waals surface area contributed by atoms with Crippen LogP contribution in [0.2, 0.25) is 0 Å². The van der Waals surface area contributed by atoms with Crippen molar-refractivity contribution in [3.63, 3.8) is 0 Å². The number of carbonyl (C=O) groups is 2. The van der Waals surface area contributed by atoms with Gasteiger partial charge in [-0.1, -0.05) is 54.6 Å². The predicted octanol–water partition coefficient (Wildman–Crippen LogP) is 5.25. The molecule has 0 bridgehead atoms. The lowest BCUT2D eigenvalue weighted by Gasteiger charge is -2.10. The van der Waals surface area contributed by atoms with E-state index in [-0.39, 0.29) is 11.8 Å². The molecule has 1 aromatic heterocycles. The molecule has 0 saturated carbocycles. The molecule has 6 heteroatoms. The van der Waals surface area contributed by atoms with Crippen LogP contribution in [-0.4, -0.2) is 40.6 Å². The number of benzene rings is 3. The van der Waals surface area contributed by atoms with Crippen LogP contribution in [0.1, 0.15) is 38.2 Å². The summed E-state index contributed by atoms with van der Waals surface area (Å²) in [5, 5.41) is 7.77. The van der Waals surface area contributed by atoms with Crippen LogP contribution in [-0.2, 0) is 17.9 Å². The summed E-state index contributed by atoms with van der Waals surface area (Å²) in [4.78, 5) is 26.2. The van der Waals surface area contributed by atoms with E-state index in [1.165, 1.54) is 16.0 Å². The molecule has 0 spiro atoms. The summed E-state index contributed by atoms with van der Waals surface area (Å²) in [5.74, 6) is -0.249. The monoisotopic (exact) mass is 492 g/mol. The molecule has 0 radical (unpaired) electrons. The van der Waals surface area contributed by atoms with Gasteiger partial charge in [0, 0.05) is 49.6 Å². The zero-order chi connectivity index (χ0) is 26.4. The number of nitrogens with zero attached hydrogens (tertiary/aromatic N) is 3. The predicted molar refractivity (Wildman–Crippen MR) is 148 cm³/mol. The largest absolute Gasteiger partial charge is 0.348 e.